The van der Waals surface area contributed by atoms with E-state index in [9.17, 15) is 19.2 Å². The van der Waals surface area contributed by atoms with E-state index in [1.165, 1.54) is 4.90 Å². The van der Waals surface area contributed by atoms with Crippen molar-refractivity contribution < 1.29 is 23.9 Å². The van der Waals surface area contributed by atoms with Gasteiger partial charge in [0, 0.05) is 18.7 Å². The van der Waals surface area contributed by atoms with Crippen LogP contribution in [0.1, 0.15) is 32.6 Å². The van der Waals surface area contributed by atoms with Gasteiger partial charge >= 0.3 is 5.97 Å². The number of rotatable bonds is 4. The summed E-state index contributed by atoms with van der Waals surface area (Å²) in [5.41, 5.74) is 1.26. The van der Waals surface area contributed by atoms with Gasteiger partial charge in [0.15, 0.2) is 0 Å². The van der Waals surface area contributed by atoms with E-state index in [1.807, 2.05) is 30.3 Å². The number of carbonyl (C=O) groups excluding carboxylic acids is 4. The number of amides is 3. The van der Waals surface area contributed by atoms with Gasteiger partial charge in [-0.25, -0.2) is 0 Å². The normalized spacial score (nSPS) is 27.1. The predicted molar refractivity (Wildman–Crippen MR) is 121 cm³/mol. The van der Waals surface area contributed by atoms with E-state index in [2.05, 4.69) is 6.92 Å². The first kappa shape index (κ1) is 21.4. The minimum atomic E-state index is -0.552. The Hall–Kier alpha value is -3.48. The number of imide groups is 1. The molecule has 7 heteroatoms. The molecule has 4 atom stereocenters. The number of ether oxygens (including phenoxy) is 1. The summed E-state index contributed by atoms with van der Waals surface area (Å²) in [4.78, 5) is 53.7. The van der Waals surface area contributed by atoms with Gasteiger partial charge in [-0.1, -0.05) is 25.1 Å². The van der Waals surface area contributed by atoms with Crippen LogP contribution in [0.4, 0.5) is 11.4 Å². The molecule has 1 aliphatic carbocycles. The van der Waals surface area contributed by atoms with Crippen molar-refractivity contribution in [2.24, 2.45) is 23.7 Å². The van der Waals surface area contributed by atoms with Crippen LogP contribution in [0.15, 0.2) is 54.6 Å². The lowest BCUT2D eigenvalue weighted by molar-refractivity contribution is -0.139. The molecule has 7 nitrogen and oxygen atoms in total. The fourth-order valence-electron chi connectivity index (χ4n) is 5.23. The first-order valence-electron chi connectivity index (χ1n) is 11.5. The molecule has 3 fully saturated rings. The lowest BCUT2D eigenvalue weighted by Crippen LogP contribution is -2.30. The number of hydrogen-bond acceptors (Lipinski definition) is 5. The maximum absolute atomic E-state index is 12.9. The van der Waals surface area contributed by atoms with Crippen LogP contribution in [0.2, 0.25) is 0 Å². The Balaban J connectivity index is 1.24. The van der Waals surface area contributed by atoms with Crippen molar-refractivity contribution >= 4 is 35.1 Å². The van der Waals surface area contributed by atoms with Gasteiger partial charge in [-0.2, -0.15) is 0 Å². The zero-order chi connectivity index (χ0) is 23.1. The fourth-order valence-corrected chi connectivity index (χ4v) is 5.23. The van der Waals surface area contributed by atoms with Gasteiger partial charge in [-0.15, -0.1) is 0 Å². The second-order valence-corrected chi connectivity index (χ2v) is 9.30. The van der Waals surface area contributed by atoms with Crippen LogP contribution in [-0.2, 0) is 19.2 Å². The Morgan fingerprint density at radius 2 is 1.58 bits per heavy atom. The van der Waals surface area contributed by atoms with Crippen LogP contribution in [0.5, 0.6) is 5.75 Å². The minimum absolute atomic E-state index is 0.101. The molecule has 2 aromatic rings. The summed E-state index contributed by atoms with van der Waals surface area (Å²) < 4.78 is 5.50. The molecule has 2 saturated heterocycles. The molecule has 0 radical (unpaired) electrons. The van der Waals surface area contributed by atoms with Crippen molar-refractivity contribution in [2.75, 3.05) is 16.3 Å². The SMILES string of the molecule is C[C@@H]1CC[C@@H]2C(=O)N(c3ccc(OC(=O)[C@@H]4CC(=O)N(c5ccccc5)C4)cc3)C(=O)[C@@H]2C1. The zero-order valence-corrected chi connectivity index (χ0v) is 18.5. The van der Waals surface area contributed by atoms with E-state index in [0.29, 0.717) is 17.4 Å². The van der Waals surface area contributed by atoms with Gasteiger partial charge in [0.05, 0.1) is 23.4 Å². The van der Waals surface area contributed by atoms with Crippen molar-refractivity contribution in [1.29, 1.82) is 0 Å². The van der Waals surface area contributed by atoms with Crippen molar-refractivity contribution in [2.45, 2.75) is 32.6 Å². The smallest absolute Gasteiger partial charge is 0.316 e. The standard InChI is InChI=1S/C26H26N2O5/c1-16-7-12-21-22(13-16)25(31)28(24(21)30)19-8-10-20(11-9-19)33-26(32)17-14-23(29)27(15-17)18-5-3-2-4-6-18/h2-6,8-11,16-17,21-22H,7,12-15H2,1H3/t16-,17-,21+,22-/m1/s1. The number of benzene rings is 2. The second kappa shape index (κ2) is 8.46. The lowest BCUT2D eigenvalue weighted by Gasteiger charge is -2.25. The molecule has 3 amide bonds. The van der Waals surface area contributed by atoms with E-state index >= 15 is 0 Å². The largest absolute Gasteiger partial charge is 0.426 e. The summed E-state index contributed by atoms with van der Waals surface area (Å²) in [5, 5.41) is 0. The Morgan fingerprint density at radius 3 is 2.30 bits per heavy atom. The van der Waals surface area contributed by atoms with Crippen molar-refractivity contribution in [3.8, 4) is 5.75 Å². The predicted octanol–water partition coefficient (Wildman–Crippen LogP) is 3.57. The van der Waals surface area contributed by atoms with Crippen molar-refractivity contribution in [3.05, 3.63) is 54.6 Å². The molecule has 5 rings (SSSR count). The summed E-state index contributed by atoms with van der Waals surface area (Å²) in [6, 6.07) is 15.7. The maximum Gasteiger partial charge on any atom is 0.316 e. The van der Waals surface area contributed by atoms with Gasteiger partial charge in [0.25, 0.3) is 0 Å². The van der Waals surface area contributed by atoms with Crippen molar-refractivity contribution in [1.82, 2.24) is 0 Å². The minimum Gasteiger partial charge on any atom is -0.426 e. The highest BCUT2D eigenvalue weighted by Gasteiger charge is 2.50. The molecule has 170 valence electrons. The second-order valence-electron chi connectivity index (χ2n) is 9.30. The van der Waals surface area contributed by atoms with E-state index < -0.39 is 11.9 Å². The molecule has 0 N–H and O–H groups in total. The molecular weight excluding hydrogens is 420 g/mol. The van der Waals surface area contributed by atoms with E-state index in [4.69, 9.17) is 4.74 Å². The summed E-state index contributed by atoms with van der Waals surface area (Å²) >= 11 is 0. The van der Waals surface area contributed by atoms with E-state index in [-0.39, 0.29) is 42.5 Å². The summed E-state index contributed by atoms with van der Waals surface area (Å²) in [6.07, 6.45) is 2.57. The number of fused-ring (bicyclic) bond motifs is 1. The zero-order valence-electron chi connectivity index (χ0n) is 18.5. The molecule has 2 aromatic carbocycles. The van der Waals surface area contributed by atoms with E-state index in [0.717, 1.165) is 24.9 Å². The van der Waals surface area contributed by atoms with Gasteiger partial charge < -0.3 is 9.64 Å². The first-order valence-corrected chi connectivity index (χ1v) is 11.5. The average molecular weight is 447 g/mol. The average Bonchev–Trinajstić information content (AvgIpc) is 3.32. The number of para-hydroxylation sites is 1. The summed E-state index contributed by atoms with van der Waals surface area (Å²) in [6.45, 7) is 2.40. The third-order valence-electron chi connectivity index (χ3n) is 7.03. The Morgan fingerprint density at radius 1 is 0.879 bits per heavy atom. The third-order valence-corrected chi connectivity index (χ3v) is 7.03. The fraction of sp³-hybridized carbons (Fsp3) is 0.385. The van der Waals surface area contributed by atoms with Crippen LogP contribution in [0.3, 0.4) is 0 Å². The van der Waals surface area contributed by atoms with Gasteiger partial charge in [0.2, 0.25) is 17.7 Å². The van der Waals surface area contributed by atoms with Crippen LogP contribution >= 0.6 is 0 Å². The molecule has 2 heterocycles. The molecule has 3 aliphatic rings. The van der Waals surface area contributed by atoms with Gasteiger partial charge in [0.1, 0.15) is 5.75 Å². The molecular formula is C26H26N2O5. The number of nitrogens with zero attached hydrogens (tertiary/aromatic N) is 2. The number of anilines is 2. The highest BCUT2D eigenvalue weighted by atomic mass is 16.5. The molecule has 33 heavy (non-hydrogen) atoms. The quantitative estimate of drug-likeness (QED) is 0.407. The molecule has 2 aliphatic heterocycles. The van der Waals surface area contributed by atoms with Crippen molar-refractivity contribution in [3.63, 3.8) is 0 Å². The Bertz CT molecular complexity index is 1100. The maximum atomic E-state index is 12.9. The molecule has 0 bridgehead atoms. The van der Waals surface area contributed by atoms with Gasteiger partial charge in [-0.3, -0.25) is 24.1 Å². The van der Waals surface area contributed by atoms with Crippen LogP contribution in [0.25, 0.3) is 0 Å². The third kappa shape index (κ3) is 3.92. The Kier molecular flexibility index (Phi) is 5.48. The highest BCUT2D eigenvalue weighted by molar-refractivity contribution is 6.22. The van der Waals surface area contributed by atoms with Crippen LogP contribution in [0, 0.1) is 23.7 Å². The molecule has 0 unspecified atom stereocenters. The lowest BCUT2D eigenvalue weighted by atomic mass is 9.76. The van der Waals surface area contributed by atoms with E-state index in [1.54, 1.807) is 29.2 Å². The van der Waals surface area contributed by atoms with Crippen LogP contribution < -0.4 is 14.5 Å². The number of carbonyl (C=O) groups is 4. The first-order chi connectivity index (χ1) is 15.9. The molecule has 1 saturated carbocycles. The monoisotopic (exact) mass is 446 g/mol. The molecule has 0 aromatic heterocycles. The topological polar surface area (TPSA) is 84.0 Å². The highest BCUT2D eigenvalue weighted by Crippen LogP contribution is 2.42. The van der Waals surface area contributed by atoms with Gasteiger partial charge in [-0.05, 0) is 61.6 Å². The number of esters is 1. The summed E-state index contributed by atoms with van der Waals surface area (Å²) in [7, 11) is 0. The summed E-state index contributed by atoms with van der Waals surface area (Å²) in [5.74, 6) is -1.08. The molecule has 0 spiro atoms. The van der Waals surface area contributed by atoms with Crippen LogP contribution in [-0.4, -0.2) is 30.2 Å². The Labute approximate surface area is 192 Å². The number of hydrogen-bond donors (Lipinski definition) is 0.